The highest BCUT2D eigenvalue weighted by Crippen LogP contribution is 2.32. The summed E-state index contributed by atoms with van der Waals surface area (Å²) in [6, 6.07) is 0. The summed E-state index contributed by atoms with van der Waals surface area (Å²) in [7, 11) is 0. The molecule has 0 aromatic carbocycles. The zero-order chi connectivity index (χ0) is 9.10. The second-order valence-corrected chi connectivity index (χ2v) is 6.18. The van der Waals surface area contributed by atoms with Crippen LogP contribution < -0.4 is 0 Å². The number of nitrogens with zero attached hydrogens (tertiary/aromatic N) is 1. The van der Waals surface area contributed by atoms with Crippen molar-refractivity contribution in [3.63, 3.8) is 0 Å². The van der Waals surface area contributed by atoms with Gasteiger partial charge in [-0.3, -0.25) is 4.79 Å². The number of carbonyl (C=O) groups is 1. The number of hydrogen-bond acceptors (Lipinski definition) is 3. The molecule has 2 aliphatic heterocycles. The van der Waals surface area contributed by atoms with E-state index < -0.39 is 0 Å². The van der Waals surface area contributed by atoms with Crippen LogP contribution in [0.25, 0.3) is 0 Å². The molecule has 1 amide bonds. The number of thioether (sulfide) groups is 2. The predicted octanol–water partition coefficient (Wildman–Crippen LogP) is 1.81. The lowest BCUT2D eigenvalue weighted by molar-refractivity contribution is -0.127. The molecule has 0 N–H and O–H groups in total. The fourth-order valence-electron chi connectivity index (χ4n) is 1.72. The SMILES string of the molecule is O=C(C1SCCCS1)N1CCCC1. The first-order chi connectivity index (χ1) is 6.38. The lowest BCUT2D eigenvalue weighted by Crippen LogP contribution is -2.35. The Bertz CT molecular complexity index is 186. The van der Waals surface area contributed by atoms with Gasteiger partial charge in [-0.2, -0.15) is 0 Å². The molecule has 0 spiro atoms. The summed E-state index contributed by atoms with van der Waals surface area (Å²) in [6.45, 7) is 1.99. The first-order valence-electron chi connectivity index (χ1n) is 4.90. The van der Waals surface area contributed by atoms with E-state index in [1.807, 2.05) is 28.4 Å². The van der Waals surface area contributed by atoms with E-state index in [9.17, 15) is 4.79 Å². The third-order valence-electron chi connectivity index (χ3n) is 2.45. The maximum absolute atomic E-state index is 11.9. The monoisotopic (exact) mass is 217 g/mol. The summed E-state index contributed by atoms with van der Waals surface area (Å²) >= 11 is 3.66. The summed E-state index contributed by atoms with van der Waals surface area (Å²) < 4.78 is 0.215. The van der Waals surface area contributed by atoms with Crippen LogP contribution >= 0.6 is 23.5 Å². The molecule has 2 nitrogen and oxygen atoms in total. The fourth-order valence-corrected chi connectivity index (χ4v) is 4.50. The molecule has 2 saturated heterocycles. The van der Waals surface area contributed by atoms with Gasteiger partial charge in [-0.1, -0.05) is 0 Å². The van der Waals surface area contributed by atoms with E-state index in [1.165, 1.54) is 19.3 Å². The Morgan fingerprint density at radius 1 is 1.08 bits per heavy atom. The summed E-state index contributed by atoms with van der Waals surface area (Å²) in [5.74, 6) is 2.71. The van der Waals surface area contributed by atoms with Crippen molar-refractivity contribution >= 4 is 29.4 Å². The Hall–Kier alpha value is 0.170. The molecule has 0 aliphatic carbocycles. The highest BCUT2D eigenvalue weighted by atomic mass is 32.2. The van der Waals surface area contributed by atoms with Gasteiger partial charge >= 0.3 is 0 Å². The molecule has 0 radical (unpaired) electrons. The van der Waals surface area contributed by atoms with Gasteiger partial charge in [-0.25, -0.2) is 0 Å². The third kappa shape index (κ3) is 2.34. The van der Waals surface area contributed by atoms with Crippen molar-refractivity contribution in [3.05, 3.63) is 0 Å². The summed E-state index contributed by atoms with van der Waals surface area (Å²) in [6.07, 6.45) is 3.67. The molecule has 2 rings (SSSR count). The second kappa shape index (κ2) is 4.60. The smallest absolute Gasteiger partial charge is 0.245 e. The zero-order valence-corrected chi connectivity index (χ0v) is 9.33. The quantitative estimate of drug-likeness (QED) is 0.668. The van der Waals surface area contributed by atoms with Crippen LogP contribution in [0, 0.1) is 0 Å². The van der Waals surface area contributed by atoms with Gasteiger partial charge in [0.1, 0.15) is 4.58 Å². The standard InChI is InChI=1S/C9H15NOS2/c11-8(10-4-1-2-5-10)9-12-6-3-7-13-9/h9H,1-7H2. The molecule has 2 fully saturated rings. The molecule has 0 saturated carbocycles. The van der Waals surface area contributed by atoms with E-state index in [0.717, 1.165) is 24.6 Å². The molecule has 2 heterocycles. The van der Waals surface area contributed by atoms with Crippen molar-refractivity contribution in [1.29, 1.82) is 0 Å². The van der Waals surface area contributed by atoms with Crippen LogP contribution in [0.15, 0.2) is 0 Å². The van der Waals surface area contributed by atoms with E-state index in [1.54, 1.807) is 0 Å². The molecule has 2 aliphatic rings. The van der Waals surface area contributed by atoms with Gasteiger partial charge in [0.2, 0.25) is 5.91 Å². The van der Waals surface area contributed by atoms with Crippen molar-refractivity contribution in [1.82, 2.24) is 4.90 Å². The topological polar surface area (TPSA) is 20.3 Å². The first kappa shape index (κ1) is 9.71. The van der Waals surface area contributed by atoms with Crippen LogP contribution in [0.2, 0.25) is 0 Å². The van der Waals surface area contributed by atoms with Crippen LogP contribution in [0.5, 0.6) is 0 Å². The average molecular weight is 217 g/mol. The molecular formula is C9H15NOS2. The highest BCUT2D eigenvalue weighted by molar-refractivity contribution is 8.18. The van der Waals surface area contributed by atoms with E-state index >= 15 is 0 Å². The maximum Gasteiger partial charge on any atom is 0.245 e. The van der Waals surface area contributed by atoms with Crippen molar-refractivity contribution < 1.29 is 4.79 Å². The average Bonchev–Trinajstić information content (AvgIpc) is 2.71. The second-order valence-electron chi connectivity index (χ2n) is 3.46. The van der Waals surface area contributed by atoms with Gasteiger partial charge in [-0.15, -0.1) is 23.5 Å². The van der Waals surface area contributed by atoms with Gasteiger partial charge in [0.05, 0.1) is 0 Å². The van der Waals surface area contributed by atoms with Gasteiger partial charge in [0, 0.05) is 13.1 Å². The fraction of sp³-hybridized carbons (Fsp3) is 0.889. The Morgan fingerprint density at radius 2 is 1.69 bits per heavy atom. The summed E-state index contributed by atoms with van der Waals surface area (Å²) in [5.41, 5.74) is 0. The summed E-state index contributed by atoms with van der Waals surface area (Å²) in [5, 5.41) is 0. The lowest BCUT2D eigenvalue weighted by Gasteiger charge is -2.24. The Labute approximate surface area is 87.8 Å². The Balaban J connectivity index is 1.87. The molecule has 0 atom stereocenters. The van der Waals surface area contributed by atoms with Crippen LogP contribution in [0.1, 0.15) is 19.3 Å². The van der Waals surface area contributed by atoms with Crippen molar-refractivity contribution in [2.45, 2.75) is 23.8 Å². The van der Waals surface area contributed by atoms with Gasteiger partial charge < -0.3 is 4.90 Å². The number of hydrogen-bond donors (Lipinski definition) is 0. The number of carbonyl (C=O) groups excluding carboxylic acids is 1. The molecule has 13 heavy (non-hydrogen) atoms. The molecule has 0 aromatic heterocycles. The molecule has 74 valence electrons. The first-order valence-corrected chi connectivity index (χ1v) is 7.00. The maximum atomic E-state index is 11.9. The van der Waals surface area contributed by atoms with Crippen molar-refractivity contribution in [3.8, 4) is 0 Å². The van der Waals surface area contributed by atoms with E-state index in [0.29, 0.717) is 5.91 Å². The summed E-state index contributed by atoms with van der Waals surface area (Å²) in [4.78, 5) is 13.9. The third-order valence-corrected chi connectivity index (χ3v) is 5.32. The Morgan fingerprint density at radius 3 is 2.31 bits per heavy atom. The Kier molecular flexibility index (Phi) is 3.44. The van der Waals surface area contributed by atoms with Crippen LogP contribution in [0.3, 0.4) is 0 Å². The van der Waals surface area contributed by atoms with Gasteiger partial charge in [0.15, 0.2) is 0 Å². The van der Waals surface area contributed by atoms with Crippen LogP contribution in [-0.4, -0.2) is 40.0 Å². The van der Waals surface area contributed by atoms with E-state index in [4.69, 9.17) is 0 Å². The van der Waals surface area contributed by atoms with Crippen LogP contribution in [0.4, 0.5) is 0 Å². The van der Waals surface area contributed by atoms with Crippen molar-refractivity contribution in [2.75, 3.05) is 24.6 Å². The van der Waals surface area contributed by atoms with Gasteiger partial charge in [-0.05, 0) is 30.8 Å². The van der Waals surface area contributed by atoms with E-state index in [-0.39, 0.29) is 4.58 Å². The van der Waals surface area contributed by atoms with Crippen LogP contribution in [-0.2, 0) is 4.79 Å². The number of amides is 1. The minimum absolute atomic E-state index is 0.215. The highest BCUT2D eigenvalue weighted by Gasteiger charge is 2.28. The minimum atomic E-state index is 0.215. The predicted molar refractivity (Wildman–Crippen MR) is 59.1 cm³/mol. The largest absolute Gasteiger partial charge is 0.341 e. The van der Waals surface area contributed by atoms with Crippen molar-refractivity contribution in [2.24, 2.45) is 0 Å². The molecule has 4 heteroatoms. The molecular weight excluding hydrogens is 202 g/mol. The normalized spacial score (nSPS) is 25.1. The minimum Gasteiger partial charge on any atom is -0.341 e. The molecule has 0 bridgehead atoms. The van der Waals surface area contributed by atoms with E-state index in [2.05, 4.69) is 0 Å². The number of likely N-dealkylation sites (tertiary alicyclic amines) is 1. The molecule has 0 aromatic rings. The lowest BCUT2D eigenvalue weighted by atomic mass is 10.4. The zero-order valence-electron chi connectivity index (χ0n) is 7.70. The molecule has 0 unspecified atom stereocenters. The number of rotatable bonds is 1. The van der Waals surface area contributed by atoms with Gasteiger partial charge in [0.25, 0.3) is 0 Å².